The Morgan fingerprint density at radius 2 is 2.03 bits per heavy atom. The summed E-state index contributed by atoms with van der Waals surface area (Å²) in [5.74, 6) is 1.41. The third-order valence-corrected chi connectivity index (χ3v) is 6.07. The molecule has 33 heavy (non-hydrogen) atoms. The summed E-state index contributed by atoms with van der Waals surface area (Å²) in [4.78, 5) is 33.8. The van der Waals surface area contributed by atoms with Crippen LogP contribution in [-0.2, 0) is 16.1 Å². The Morgan fingerprint density at radius 1 is 1.21 bits per heavy atom. The van der Waals surface area contributed by atoms with Crippen molar-refractivity contribution in [3.63, 3.8) is 0 Å². The molecule has 2 aliphatic rings. The summed E-state index contributed by atoms with van der Waals surface area (Å²) in [6.45, 7) is 1.95. The summed E-state index contributed by atoms with van der Waals surface area (Å²) < 4.78 is 10.7. The van der Waals surface area contributed by atoms with Gasteiger partial charge in [-0.05, 0) is 55.8 Å². The maximum Gasteiger partial charge on any atom is 0.244 e. The van der Waals surface area contributed by atoms with E-state index < -0.39 is 0 Å². The van der Waals surface area contributed by atoms with Gasteiger partial charge in [0.15, 0.2) is 0 Å². The van der Waals surface area contributed by atoms with Gasteiger partial charge in [-0.3, -0.25) is 14.5 Å². The maximum absolute atomic E-state index is 13.4. The smallest absolute Gasteiger partial charge is 0.244 e. The minimum absolute atomic E-state index is 0.0218. The molecular weight excluding hydrogens is 422 g/mol. The van der Waals surface area contributed by atoms with Gasteiger partial charge in [-0.1, -0.05) is 17.3 Å². The van der Waals surface area contributed by atoms with Crippen molar-refractivity contribution in [2.24, 2.45) is 5.92 Å². The van der Waals surface area contributed by atoms with Crippen LogP contribution in [0.5, 0.6) is 5.75 Å². The Hall–Kier alpha value is -3.72. The van der Waals surface area contributed by atoms with E-state index in [4.69, 9.17) is 9.26 Å². The number of hydrogen-bond acceptors (Lipinski definition) is 7. The van der Waals surface area contributed by atoms with Gasteiger partial charge in [-0.2, -0.15) is 4.98 Å². The third-order valence-electron chi connectivity index (χ3n) is 6.07. The van der Waals surface area contributed by atoms with E-state index in [1.54, 1.807) is 12.0 Å². The number of aromatic nitrogens is 2. The van der Waals surface area contributed by atoms with Gasteiger partial charge >= 0.3 is 0 Å². The van der Waals surface area contributed by atoms with E-state index in [1.807, 2.05) is 48.5 Å². The second-order valence-corrected chi connectivity index (χ2v) is 8.30. The van der Waals surface area contributed by atoms with Gasteiger partial charge in [0.25, 0.3) is 0 Å². The minimum atomic E-state index is -0.193. The molecule has 3 aromatic rings. The van der Waals surface area contributed by atoms with Crippen molar-refractivity contribution >= 4 is 23.2 Å². The number of piperidine rings is 1. The predicted octanol–water partition coefficient (Wildman–Crippen LogP) is 2.94. The lowest BCUT2D eigenvalue weighted by Crippen LogP contribution is -2.48. The number of nitrogens with one attached hydrogen (secondary N) is 1. The fourth-order valence-corrected chi connectivity index (χ4v) is 4.42. The van der Waals surface area contributed by atoms with Gasteiger partial charge in [0.05, 0.1) is 30.9 Å². The number of anilines is 2. The Bertz CT molecular complexity index is 1160. The zero-order valence-electron chi connectivity index (χ0n) is 18.4. The quantitative estimate of drug-likeness (QED) is 0.642. The molecule has 2 aliphatic heterocycles. The van der Waals surface area contributed by atoms with Gasteiger partial charge < -0.3 is 19.5 Å². The molecule has 9 nitrogen and oxygen atoms in total. The number of nitrogens with zero attached hydrogens (tertiary/aromatic N) is 4. The van der Waals surface area contributed by atoms with Gasteiger partial charge in [-0.25, -0.2) is 0 Å². The SMILES string of the molecule is COc1ccc(-c2noc(CN3CCCC(C(=O)N4CC(=O)Nc5ccccc54)C3)n2)cc1. The van der Waals surface area contributed by atoms with Crippen molar-refractivity contribution < 1.29 is 18.8 Å². The molecule has 1 N–H and O–H groups in total. The summed E-state index contributed by atoms with van der Waals surface area (Å²) in [6, 6.07) is 14.9. The third kappa shape index (κ3) is 4.45. The molecule has 5 rings (SSSR count). The van der Waals surface area contributed by atoms with Gasteiger partial charge in [-0.15, -0.1) is 0 Å². The van der Waals surface area contributed by atoms with Crippen molar-refractivity contribution in [3.8, 4) is 17.1 Å². The summed E-state index contributed by atoms with van der Waals surface area (Å²) in [7, 11) is 1.62. The minimum Gasteiger partial charge on any atom is -0.497 e. The Balaban J connectivity index is 1.26. The highest BCUT2D eigenvalue weighted by atomic mass is 16.5. The van der Waals surface area contributed by atoms with Gasteiger partial charge in [0.1, 0.15) is 12.3 Å². The van der Waals surface area contributed by atoms with Crippen LogP contribution in [-0.4, -0.2) is 53.6 Å². The number of likely N-dealkylation sites (tertiary alicyclic amines) is 1. The highest BCUT2D eigenvalue weighted by Crippen LogP contribution is 2.31. The van der Waals surface area contributed by atoms with E-state index in [2.05, 4.69) is 20.4 Å². The molecule has 1 saturated heterocycles. The zero-order chi connectivity index (χ0) is 22.8. The number of rotatable bonds is 5. The lowest BCUT2D eigenvalue weighted by atomic mass is 9.95. The molecule has 1 atom stereocenters. The van der Waals surface area contributed by atoms with E-state index in [1.165, 1.54) is 0 Å². The molecule has 2 aromatic carbocycles. The van der Waals surface area contributed by atoms with Crippen molar-refractivity contribution in [2.45, 2.75) is 19.4 Å². The number of hydrogen-bond donors (Lipinski definition) is 1. The van der Waals surface area contributed by atoms with E-state index >= 15 is 0 Å². The molecular formula is C24H25N5O4. The number of carbonyl (C=O) groups is 2. The Morgan fingerprint density at radius 3 is 2.85 bits per heavy atom. The van der Waals surface area contributed by atoms with E-state index in [0.29, 0.717) is 30.5 Å². The van der Waals surface area contributed by atoms with Crippen LogP contribution in [0.2, 0.25) is 0 Å². The first-order valence-electron chi connectivity index (χ1n) is 11.0. The number of carbonyl (C=O) groups excluding carboxylic acids is 2. The lowest BCUT2D eigenvalue weighted by molar-refractivity contribution is -0.126. The van der Waals surface area contributed by atoms with Crippen LogP contribution in [0.1, 0.15) is 18.7 Å². The van der Waals surface area contributed by atoms with E-state index in [-0.39, 0.29) is 24.3 Å². The number of benzene rings is 2. The van der Waals surface area contributed by atoms with Crippen LogP contribution in [0.3, 0.4) is 0 Å². The van der Waals surface area contributed by atoms with Crippen molar-refractivity contribution in [2.75, 3.05) is 37.0 Å². The average molecular weight is 447 g/mol. The van der Waals surface area contributed by atoms with E-state index in [0.717, 1.165) is 36.4 Å². The molecule has 0 aliphatic carbocycles. The van der Waals surface area contributed by atoms with Crippen molar-refractivity contribution in [1.29, 1.82) is 0 Å². The monoisotopic (exact) mass is 447 g/mol. The Kier molecular flexibility index (Phi) is 5.78. The highest BCUT2D eigenvalue weighted by molar-refractivity contribution is 6.10. The fourth-order valence-electron chi connectivity index (χ4n) is 4.42. The molecule has 0 saturated carbocycles. The Labute approximate surface area is 191 Å². The molecule has 0 bridgehead atoms. The number of ether oxygens (including phenoxy) is 1. The normalized spacial score (nSPS) is 18.5. The van der Waals surface area contributed by atoms with Crippen LogP contribution in [0.15, 0.2) is 53.1 Å². The second-order valence-electron chi connectivity index (χ2n) is 8.30. The standard InChI is InChI=1S/C24H25N5O4/c1-32-18-10-8-16(9-11-18)23-26-22(33-27-23)15-28-12-4-5-17(13-28)24(31)29-14-21(30)25-19-6-2-3-7-20(19)29/h2-3,6-11,17H,4-5,12-15H2,1H3,(H,25,30). The second kappa shape index (κ2) is 9.03. The van der Waals surface area contributed by atoms with Crippen LogP contribution < -0.4 is 15.0 Å². The molecule has 3 heterocycles. The summed E-state index contributed by atoms with van der Waals surface area (Å²) in [5.41, 5.74) is 2.27. The molecule has 0 radical (unpaired) electrons. The lowest BCUT2D eigenvalue weighted by Gasteiger charge is -2.36. The number of para-hydroxylation sites is 2. The van der Waals surface area contributed by atoms with Crippen LogP contribution in [0.4, 0.5) is 11.4 Å². The number of methoxy groups -OCH3 is 1. The molecule has 1 fully saturated rings. The number of fused-ring (bicyclic) bond motifs is 1. The first-order chi connectivity index (χ1) is 16.1. The average Bonchev–Trinajstić information content (AvgIpc) is 3.31. The highest BCUT2D eigenvalue weighted by Gasteiger charge is 2.34. The molecule has 170 valence electrons. The first-order valence-corrected chi connectivity index (χ1v) is 11.0. The van der Waals surface area contributed by atoms with Gasteiger partial charge in [0.2, 0.25) is 23.5 Å². The molecule has 1 aromatic heterocycles. The first kappa shape index (κ1) is 21.1. The van der Waals surface area contributed by atoms with Crippen LogP contribution in [0.25, 0.3) is 11.4 Å². The van der Waals surface area contributed by atoms with Gasteiger partial charge in [0, 0.05) is 12.1 Å². The summed E-state index contributed by atoms with van der Waals surface area (Å²) >= 11 is 0. The number of amides is 2. The summed E-state index contributed by atoms with van der Waals surface area (Å²) in [6.07, 6.45) is 1.67. The maximum atomic E-state index is 13.4. The molecule has 9 heteroatoms. The molecule has 2 amide bonds. The summed E-state index contributed by atoms with van der Waals surface area (Å²) in [5, 5.41) is 6.93. The van der Waals surface area contributed by atoms with Crippen LogP contribution >= 0.6 is 0 Å². The van der Waals surface area contributed by atoms with Crippen LogP contribution in [0, 0.1) is 5.92 Å². The largest absolute Gasteiger partial charge is 0.497 e. The molecule has 1 unspecified atom stereocenters. The zero-order valence-corrected chi connectivity index (χ0v) is 18.4. The topological polar surface area (TPSA) is 101 Å². The van der Waals surface area contributed by atoms with Crippen molar-refractivity contribution in [3.05, 3.63) is 54.4 Å². The van der Waals surface area contributed by atoms with E-state index in [9.17, 15) is 9.59 Å². The molecule has 0 spiro atoms. The predicted molar refractivity (Wildman–Crippen MR) is 122 cm³/mol. The van der Waals surface area contributed by atoms with Crippen molar-refractivity contribution in [1.82, 2.24) is 15.0 Å². The fraction of sp³-hybridized carbons (Fsp3) is 0.333.